The highest BCUT2D eigenvalue weighted by Gasteiger charge is 2.11. The molecule has 1 aromatic rings. The normalized spacial score (nSPS) is 15.2. The number of carbonyl (C=O) groups excluding carboxylic acids is 1. The minimum absolute atomic E-state index is 0.128. The Morgan fingerprint density at radius 3 is 2.85 bits per heavy atom. The highest BCUT2D eigenvalue weighted by Crippen LogP contribution is 2.36. The molecule has 1 fully saturated rings. The Bertz CT molecular complexity index is 616. The van der Waals surface area contributed by atoms with Crippen LogP contribution in [0.3, 0.4) is 0 Å². The number of hydrogen-bond acceptors (Lipinski definition) is 5. The van der Waals surface area contributed by atoms with Crippen LogP contribution in [0.2, 0.25) is 5.02 Å². The first-order valence-electron chi connectivity index (χ1n) is 8.90. The number of morpholine rings is 1. The van der Waals surface area contributed by atoms with Crippen molar-refractivity contribution in [2.24, 2.45) is 0 Å². The van der Waals surface area contributed by atoms with Crippen molar-refractivity contribution in [1.29, 1.82) is 0 Å². The van der Waals surface area contributed by atoms with Gasteiger partial charge in [-0.3, -0.25) is 9.69 Å². The van der Waals surface area contributed by atoms with Gasteiger partial charge in [0.2, 0.25) is 5.91 Å². The molecule has 1 aromatic carbocycles. The molecule has 6 nitrogen and oxygen atoms in total. The molecule has 1 heterocycles. The summed E-state index contributed by atoms with van der Waals surface area (Å²) in [5.74, 6) is 0.933. The summed E-state index contributed by atoms with van der Waals surface area (Å²) >= 11 is 6.21. The fourth-order valence-corrected chi connectivity index (χ4v) is 3.01. The third-order valence-electron chi connectivity index (χ3n) is 4.02. The summed E-state index contributed by atoms with van der Waals surface area (Å²) in [6.07, 6.45) is 4.14. The van der Waals surface area contributed by atoms with Crippen molar-refractivity contribution < 1.29 is 19.0 Å². The second-order valence-corrected chi connectivity index (χ2v) is 6.31. The van der Waals surface area contributed by atoms with Gasteiger partial charge >= 0.3 is 0 Å². The Labute approximate surface area is 160 Å². The van der Waals surface area contributed by atoms with Gasteiger partial charge in [-0.05, 0) is 43.7 Å². The Balaban J connectivity index is 1.81. The van der Waals surface area contributed by atoms with Crippen LogP contribution in [0.25, 0.3) is 6.08 Å². The summed E-state index contributed by atoms with van der Waals surface area (Å²) < 4.78 is 16.1. The van der Waals surface area contributed by atoms with Gasteiger partial charge in [0, 0.05) is 25.7 Å². The van der Waals surface area contributed by atoms with E-state index in [2.05, 4.69) is 10.2 Å². The van der Waals surface area contributed by atoms with Crippen LogP contribution in [0, 0.1) is 0 Å². The molecule has 1 amide bonds. The van der Waals surface area contributed by atoms with E-state index in [9.17, 15) is 4.79 Å². The van der Waals surface area contributed by atoms with Gasteiger partial charge in [-0.15, -0.1) is 0 Å². The van der Waals surface area contributed by atoms with Crippen LogP contribution in [-0.4, -0.2) is 63.9 Å². The molecule has 0 atom stereocenters. The molecule has 144 valence electrons. The average Bonchev–Trinajstić information content (AvgIpc) is 2.64. The number of methoxy groups -OCH3 is 1. The van der Waals surface area contributed by atoms with Crippen LogP contribution >= 0.6 is 11.6 Å². The van der Waals surface area contributed by atoms with Gasteiger partial charge in [0.05, 0.1) is 32.0 Å². The summed E-state index contributed by atoms with van der Waals surface area (Å²) in [5, 5.41) is 3.35. The lowest BCUT2D eigenvalue weighted by molar-refractivity contribution is -0.116. The number of nitrogens with one attached hydrogen (secondary N) is 1. The molecular weight excluding hydrogens is 356 g/mol. The van der Waals surface area contributed by atoms with Crippen molar-refractivity contribution in [2.45, 2.75) is 13.3 Å². The monoisotopic (exact) mass is 382 g/mol. The molecule has 1 aliphatic heterocycles. The Morgan fingerprint density at radius 2 is 2.15 bits per heavy atom. The van der Waals surface area contributed by atoms with E-state index in [1.807, 2.05) is 6.92 Å². The number of nitrogens with zero attached hydrogens (tertiary/aromatic N) is 1. The van der Waals surface area contributed by atoms with E-state index in [0.29, 0.717) is 29.7 Å². The maximum absolute atomic E-state index is 12.0. The highest BCUT2D eigenvalue weighted by molar-refractivity contribution is 6.32. The van der Waals surface area contributed by atoms with Crippen LogP contribution in [-0.2, 0) is 9.53 Å². The smallest absolute Gasteiger partial charge is 0.243 e. The van der Waals surface area contributed by atoms with Gasteiger partial charge in [0.1, 0.15) is 0 Å². The first-order valence-corrected chi connectivity index (χ1v) is 9.28. The van der Waals surface area contributed by atoms with Crippen molar-refractivity contribution >= 4 is 23.6 Å². The third kappa shape index (κ3) is 6.52. The lowest BCUT2D eigenvalue weighted by Gasteiger charge is -2.26. The van der Waals surface area contributed by atoms with Gasteiger partial charge in [-0.25, -0.2) is 0 Å². The van der Waals surface area contributed by atoms with Crippen molar-refractivity contribution in [2.75, 3.05) is 53.1 Å². The fourth-order valence-electron chi connectivity index (χ4n) is 2.72. The molecule has 0 unspecified atom stereocenters. The predicted octanol–water partition coefficient (Wildman–Crippen LogP) is 2.60. The zero-order valence-corrected chi connectivity index (χ0v) is 16.2. The lowest BCUT2D eigenvalue weighted by atomic mass is 10.2. The number of halogens is 1. The predicted molar refractivity (Wildman–Crippen MR) is 103 cm³/mol. The van der Waals surface area contributed by atoms with Gasteiger partial charge in [-0.2, -0.15) is 0 Å². The van der Waals surface area contributed by atoms with Gasteiger partial charge < -0.3 is 19.5 Å². The number of amides is 1. The third-order valence-corrected chi connectivity index (χ3v) is 4.30. The van der Waals surface area contributed by atoms with Gasteiger partial charge in [0.15, 0.2) is 11.5 Å². The van der Waals surface area contributed by atoms with Gasteiger partial charge in [0.25, 0.3) is 0 Å². The summed E-state index contributed by atoms with van der Waals surface area (Å²) in [6, 6.07) is 3.54. The van der Waals surface area contributed by atoms with Crippen LogP contribution in [0.1, 0.15) is 18.9 Å². The van der Waals surface area contributed by atoms with Crippen LogP contribution in [0.4, 0.5) is 0 Å². The van der Waals surface area contributed by atoms with Crippen LogP contribution < -0.4 is 14.8 Å². The minimum Gasteiger partial charge on any atom is -0.491 e. The van der Waals surface area contributed by atoms with Crippen molar-refractivity contribution in [1.82, 2.24) is 10.2 Å². The number of hydrogen-bond donors (Lipinski definition) is 1. The second-order valence-electron chi connectivity index (χ2n) is 5.90. The number of ether oxygens (including phenoxy) is 3. The van der Waals surface area contributed by atoms with E-state index in [1.54, 1.807) is 25.3 Å². The number of benzene rings is 1. The zero-order chi connectivity index (χ0) is 18.8. The molecule has 0 radical (unpaired) electrons. The van der Waals surface area contributed by atoms with Crippen molar-refractivity contribution in [3.63, 3.8) is 0 Å². The Hall–Kier alpha value is -1.76. The minimum atomic E-state index is -0.128. The molecule has 0 saturated carbocycles. The molecule has 1 aliphatic rings. The van der Waals surface area contributed by atoms with Crippen molar-refractivity contribution in [3.05, 3.63) is 28.8 Å². The van der Waals surface area contributed by atoms with Gasteiger partial charge in [-0.1, -0.05) is 11.6 Å². The van der Waals surface area contributed by atoms with Crippen LogP contribution in [0.5, 0.6) is 11.5 Å². The molecule has 7 heteroatoms. The second kappa shape index (κ2) is 11.1. The summed E-state index contributed by atoms with van der Waals surface area (Å²) in [6.45, 7) is 7.53. The van der Waals surface area contributed by atoms with Crippen LogP contribution in [0.15, 0.2) is 18.2 Å². The number of rotatable bonds is 9. The molecule has 0 aliphatic carbocycles. The van der Waals surface area contributed by atoms with E-state index in [-0.39, 0.29) is 5.91 Å². The fraction of sp³-hybridized carbons (Fsp3) is 0.526. The Kier molecular flexibility index (Phi) is 8.74. The molecule has 0 bridgehead atoms. The topological polar surface area (TPSA) is 60.0 Å². The zero-order valence-electron chi connectivity index (χ0n) is 15.4. The Morgan fingerprint density at radius 1 is 1.38 bits per heavy atom. The molecular formula is C19H27ClN2O4. The maximum atomic E-state index is 12.0. The van der Waals surface area contributed by atoms with E-state index in [4.69, 9.17) is 25.8 Å². The van der Waals surface area contributed by atoms with E-state index >= 15 is 0 Å². The largest absolute Gasteiger partial charge is 0.491 e. The summed E-state index contributed by atoms with van der Waals surface area (Å²) in [4.78, 5) is 14.3. The first-order chi connectivity index (χ1) is 12.6. The summed E-state index contributed by atoms with van der Waals surface area (Å²) in [5.41, 5.74) is 0.780. The summed E-state index contributed by atoms with van der Waals surface area (Å²) in [7, 11) is 1.55. The molecule has 2 rings (SSSR count). The molecule has 0 aromatic heterocycles. The standard InChI is InChI=1S/C19H27ClN2O4/c1-3-26-17-14-15(13-16(20)19(17)24-2)5-6-18(23)21-7-4-8-22-9-11-25-12-10-22/h5-6,13-14H,3-4,7-12H2,1-2H3,(H,21,23). The lowest BCUT2D eigenvalue weighted by Crippen LogP contribution is -2.38. The number of carbonyl (C=O) groups is 1. The molecule has 1 N–H and O–H groups in total. The quantitative estimate of drug-likeness (QED) is 0.525. The molecule has 0 spiro atoms. The van der Waals surface area contributed by atoms with E-state index < -0.39 is 0 Å². The first kappa shape index (κ1) is 20.6. The molecule has 1 saturated heterocycles. The van der Waals surface area contributed by atoms with E-state index in [0.717, 1.165) is 44.8 Å². The molecule has 26 heavy (non-hydrogen) atoms. The van der Waals surface area contributed by atoms with Crippen molar-refractivity contribution in [3.8, 4) is 11.5 Å². The van der Waals surface area contributed by atoms with E-state index in [1.165, 1.54) is 6.08 Å². The SMILES string of the molecule is CCOc1cc(C=CC(=O)NCCCN2CCOCC2)cc(Cl)c1OC. The maximum Gasteiger partial charge on any atom is 0.243 e. The average molecular weight is 383 g/mol. The highest BCUT2D eigenvalue weighted by atomic mass is 35.5.